The smallest absolute Gasteiger partial charge is 0.370 e. The Bertz CT molecular complexity index is 1220. The first-order valence-electron chi connectivity index (χ1n) is 13.2. The van der Waals surface area contributed by atoms with E-state index in [1.807, 2.05) is 12.1 Å². The van der Waals surface area contributed by atoms with E-state index < -0.39 is 26.7 Å². The number of nitrogens with zero attached hydrogens (tertiary/aromatic N) is 2. The quantitative estimate of drug-likeness (QED) is 0.337. The topological polar surface area (TPSA) is 79.0 Å². The van der Waals surface area contributed by atoms with Crippen molar-refractivity contribution in [3.8, 4) is 0 Å². The van der Waals surface area contributed by atoms with Gasteiger partial charge in [-0.1, -0.05) is 29.8 Å². The van der Waals surface area contributed by atoms with Crippen molar-refractivity contribution in [2.75, 3.05) is 47.4 Å². The Kier molecular flexibility index (Phi) is 11.4. The van der Waals surface area contributed by atoms with E-state index in [9.17, 15) is 26.4 Å². The number of sulfonamides is 1. The van der Waals surface area contributed by atoms with E-state index in [1.54, 1.807) is 0 Å². The number of ether oxygens (including phenoxy) is 1. The molecule has 1 unspecified atom stereocenters. The van der Waals surface area contributed by atoms with E-state index in [0.29, 0.717) is 30.5 Å². The van der Waals surface area contributed by atoms with E-state index in [1.165, 1.54) is 12.6 Å². The van der Waals surface area contributed by atoms with Crippen molar-refractivity contribution in [2.45, 2.75) is 42.8 Å². The second kappa shape index (κ2) is 14.1. The van der Waals surface area contributed by atoms with Crippen LogP contribution in [0.5, 0.6) is 0 Å². The summed E-state index contributed by atoms with van der Waals surface area (Å²) in [6.45, 7) is 0.124. The fourth-order valence-electron chi connectivity index (χ4n) is 5.16. The summed E-state index contributed by atoms with van der Waals surface area (Å²) in [5.74, 6) is 0.588. The number of hydrogen-bond donors (Lipinski definition) is 1. The van der Waals surface area contributed by atoms with Crippen molar-refractivity contribution < 1.29 is 31.1 Å². The first kappa shape index (κ1) is 32.3. The Labute approximate surface area is 239 Å². The zero-order valence-corrected chi connectivity index (χ0v) is 24.5. The van der Waals surface area contributed by atoms with Crippen LogP contribution in [-0.4, -0.2) is 71.0 Å². The molecule has 2 aromatic rings. The number of carbonyl (C=O) groups is 1. The molecular weight excluding hydrogens is 567 g/mol. The molecule has 12 heteroatoms. The van der Waals surface area contributed by atoms with Crippen LogP contribution in [0.25, 0.3) is 0 Å². The molecule has 3 rings (SSSR count). The maximum atomic E-state index is 12.9. The van der Waals surface area contributed by atoms with Crippen LogP contribution in [0.2, 0.25) is 5.02 Å². The molecule has 1 aliphatic rings. The fraction of sp³-hybridized carbons (Fsp3) is 0.536. The Balaban J connectivity index is 1.38. The minimum Gasteiger partial charge on any atom is -0.370 e. The SMILES string of the molecule is CN(C)C(c1ccc(Cl)cc1)C1CCC(CNC(=O)COCCN(C)S(=O)(=O)c2cccc(C(F)(F)F)c2)CC1. The lowest BCUT2D eigenvalue weighted by atomic mass is 9.76. The third-order valence-electron chi connectivity index (χ3n) is 7.35. The maximum Gasteiger partial charge on any atom is 0.416 e. The molecule has 0 saturated heterocycles. The number of alkyl halides is 3. The predicted molar refractivity (Wildman–Crippen MR) is 148 cm³/mol. The molecule has 0 bridgehead atoms. The van der Waals surface area contributed by atoms with Crippen molar-refractivity contribution in [3.05, 3.63) is 64.7 Å². The van der Waals surface area contributed by atoms with Crippen molar-refractivity contribution in [2.24, 2.45) is 11.8 Å². The molecule has 1 amide bonds. The van der Waals surface area contributed by atoms with Gasteiger partial charge in [-0.15, -0.1) is 0 Å². The average Bonchev–Trinajstić information content (AvgIpc) is 2.91. The van der Waals surface area contributed by atoms with Crippen LogP contribution in [0.1, 0.15) is 42.9 Å². The fourth-order valence-corrected chi connectivity index (χ4v) is 6.49. The number of hydrogen-bond acceptors (Lipinski definition) is 5. The molecular formula is C28H37ClF3N3O4S. The van der Waals surface area contributed by atoms with Crippen LogP contribution in [-0.2, 0) is 25.7 Å². The second-order valence-corrected chi connectivity index (χ2v) is 12.9. The summed E-state index contributed by atoms with van der Waals surface area (Å²) in [4.78, 5) is 14.1. The highest BCUT2D eigenvalue weighted by Crippen LogP contribution is 2.39. The minimum absolute atomic E-state index is 0.0795. The van der Waals surface area contributed by atoms with Gasteiger partial charge in [0, 0.05) is 31.2 Å². The lowest BCUT2D eigenvalue weighted by molar-refractivity contribution is -0.137. The highest BCUT2D eigenvalue weighted by Gasteiger charge is 2.33. The Morgan fingerprint density at radius 3 is 2.33 bits per heavy atom. The second-order valence-electron chi connectivity index (χ2n) is 10.4. The summed E-state index contributed by atoms with van der Waals surface area (Å²) >= 11 is 6.06. The Morgan fingerprint density at radius 2 is 1.73 bits per heavy atom. The van der Waals surface area contributed by atoms with E-state index in [2.05, 4.69) is 36.4 Å². The highest BCUT2D eigenvalue weighted by atomic mass is 35.5. The molecule has 7 nitrogen and oxygen atoms in total. The van der Waals surface area contributed by atoms with Crippen LogP contribution in [0.4, 0.5) is 13.2 Å². The highest BCUT2D eigenvalue weighted by molar-refractivity contribution is 7.89. The number of carbonyl (C=O) groups excluding carboxylic acids is 1. The molecule has 1 fully saturated rings. The standard InChI is InChI=1S/C28H37ClF3N3O4S/c1-34(2)27(22-11-13-24(29)14-12-22)21-9-7-20(8-10-21)18-33-26(36)19-39-16-15-35(3)40(37,38)25-6-4-5-23(17-25)28(30,31)32/h4-6,11-14,17,20-21,27H,7-10,15-16,18-19H2,1-3H3,(H,33,36). The van der Waals surface area contributed by atoms with Gasteiger partial charge in [0.2, 0.25) is 15.9 Å². The van der Waals surface area contributed by atoms with E-state index in [-0.39, 0.29) is 25.7 Å². The van der Waals surface area contributed by atoms with Gasteiger partial charge < -0.3 is 15.0 Å². The third kappa shape index (κ3) is 8.91. The van der Waals surface area contributed by atoms with Crippen LogP contribution in [0.15, 0.2) is 53.4 Å². The number of amides is 1. The van der Waals surface area contributed by atoms with Crippen LogP contribution in [0.3, 0.4) is 0 Å². The summed E-state index contributed by atoms with van der Waals surface area (Å²) in [6, 6.07) is 11.9. The molecule has 40 heavy (non-hydrogen) atoms. The number of likely N-dealkylation sites (N-methyl/N-ethyl adjacent to an activating group) is 1. The Morgan fingerprint density at radius 1 is 1.07 bits per heavy atom. The van der Waals surface area contributed by atoms with Crippen molar-refractivity contribution in [1.82, 2.24) is 14.5 Å². The van der Waals surface area contributed by atoms with Gasteiger partial charge >= 0.3 is 6.18 Å². The van der Waals surface area contributed by atoms with Gasteiger partial charge in [-0.05, 0) is 87.5 Å². The Hall–Kier alpha value is -2.18. The molecule has 1 aliphatic carbocycles. The first-order valence-corrected chi connectivity index (χ1v) is 15.0. The van der Waals surface area contributed by atoms with Gasteiger partial charge in [-0.3, -0.25) is 4.79 Å². The van der Waals surface area contributed by atoms with Gasteiger partial charge in [-0.25, -0.2) is 8.42 Å². The molecule has 0 aliphatic heterocycles. The summed E-state index contributed by atoms with van der Waals surface area (Å²) in [5.41, 5.74) is 0.207. The van der Waals surface area contributed by atoms with E-state index in [4.69, 9.17) is 16.3 Å². The lowest BCUT2D eigenvalue weighted by Gasteiger charge is -2.37. The van der Waals surface area contributed by atoms with Crippen LogP contribution in [0, 0.1) is 11.8 Å². The zero-order chi connectivity index (χ0) is 29.5. The predicted octanol–water partition coefficient (Wildman–Crippen LogP) is 5.22. The molecule has 1 saturated carbocycles. The van der Waals surface area contributed by atoms with Crippen molar-refractivity contribution in [3.63, 3.8) is 0 Å². The summed E-state index contributed by atoms with van der Waals surface area (Å²) in [6.07, 6.45) is -0.541. The van der Waals surface area contributed by atoms with E-state index in [0.717, 1.165) is 53.2 Å². The largest absolute Gasteiger partial charge is 0.416 e. The van der Waals surface area contributed by atoms with Crippen LogP contribution >= 0.6 is 11.6 Å². The molecule has 0 aromatic heterocycles. The zero-order valence-electron chi connectivity index (χ0n) is 23.0. The third-order valence-corrected chi connectivity index (χ3v) is 9.45. The molecule has 222 valence electrons. The summed E-state index contributed by atoms with van der Waals surface area (Å²) in [7, 11) is 1.29. The van der Waals surface area contributed by atoms with Crippen molar-refractivity contribution >= 4 is 27.5 Å². The molecule has 0 heterocycles. The minimum atomic E-state index is -4.65. The molecule has 0 spiro atoms. The maximum absolute atomic E-state index is 12.9. The summed E-state index contributed by atoms with van der Waals surface area (Å²) in [5, 5.41) is 3.61. The van der Waals surface area contributed by atoms with E-state index >= 15 is 0 Å². The molecule has 1 N–H and O–H groups in total. The van der Waals surface area contributed by atoms with Gasteiger partial charge in [0.25, 0.3) is 0 Å². The van der Waals surface area contributed by atoms with Crippen LogP contribution < -0.4 is 5.32 Å². The number of rotatable bonds is 12. The van der Waals surface area contributed by atoms with Gasteiger partial charge in [0.05, 0.1) is 17.1 Å². The number of halogens is 4. The number of benzene rings is 2. The lowest BCUT2D eigenvalue weighted by Crippen LogP contribution is -2.36. The molecule has 0 radical (unpaired) electrons. The van der Waals surface area contributed by atoms with Gasteiger partial charge in [-0.2, -0.15) is 17.5 Å². The monoisotopic (exact) mass is 603 g/mol. The first-order chi connectivity index (χ1) is 18.8. The summed E-state index contributed by atoms with van der Waals surface area (Å²) < 4.78 is 70.3. The number of nitrogens with one attached hydrogen (secondary N) is 1. The normalized spacial score (nSPS) is 19.1. The molecule has 1 atom stereocenters. The molecule has 2 aromatic carbocycles. The average molecular weight is 604 g/mol. The van der Waals surface area contributed by atoms with Gasteiger partial charge in [0.15, 0.2) is 0 Å². The van der Waals surface area contributed by atoms with Gasteiger partial charge in [0.1, 0.15) is 6.61 Å². The van der Waals surface area contributed by atoms with Crippen molar-refractivity contribution in [1.29, 1.82) is 0 Å².